The number of unbranched alkanes of at least 4 members (excludes halogenated alkanes) is 3. The summed E-state index contributed by atoms with van der Waals surface area (Å²) < 4.78 is 37.9. The number of halogens is 3. The summed E-state index contributed by atoms with van der Waals surface area (Å²) in [7, 11) is 3.21. The number of rotatable bonds is 9. The van der Waals surface area contributed by atoms with Crippen LogP contribution in [0, 0.1) is 0 Å². The second-order valence-electron chi connectivity index (χ2n) is 12.0. The van der Waals surface area contributed by atoms with Crippen LogP contribution in [0.25, 0.3) is 0 Å². The second kappa shape index (κ2) is 13.7. The first-order chi connectivity index (χ1) is 21.9. The van der Waals surface area contributed by atoms with Gasteiger partial charge in [-0.15, -0.1) is 0 Å². The largest absolute Gasteiger partial charge is 0.397 e. The first kappa shape index (κ1) is 33.3. The van der Waals surface area contributed by atoms with E-state index in [1.807, 2.05) is 29.3 Å². The minimum atomic E-state index is -4.21. The molecule has 0 atom stereocenters. The molecule has 0 radical (unpaired) electrons. The lowest BCUT2D eigenvalue weighted by molar-refractivity contribution is -0.137. The fourth-order valence-electron chi connectivity index (χ4n) is 6.08. The molecule has 0 saturated carbocycles. The Hall–Kier alpha value is -4.11. The number of nitrogens with zero attached hydrogens (tertiary/aromatic N) is 8. The highest BCUT2D eigenvalue weighted by Crippen LogP contribution is 2.37. The predicted octanol–water partition coefficient (Wildman–Crippen LogP) is 4.06. The summed E-state index contributed by atoms with van der Waals surface area (Å²) in [6.45, 7) is 9.34. The van der Waals surface area contributed by atoms with E-state index in [9.17, 15) is 13.2 Å². The van der Waals surface area contributed by atoms with Crippen molar-refractivity contribution in [3.8, 4) is 0 Å². The van der Waals surface area contributed by atoms with E-state index in [0.717, 1.165) is 47.3 Å². The molecular formula is C31H45F3N10O2. The van der Waals surface area contributed by atoms with Crippen LogP contribution in [0.5, 0.6) is 0 Å². The average Bonchev–Trinajstić information content (AvgIpc) is 3.66. The van der Waals surface area contributed by atoms with Crippen LogP contribution >= 0.6 is 0 Å². The molecule has 4 N–H and O–H groups in total. The minimum absolute atomic E-state index is 0.140. The van der Waals surface area contributed by atoms with Gasteiger partial charge in [0.25, 0.3) is 0 Å². The molecule has 46 heavy (non-hydrogen) atoms. The fourth-order valence-corrected chi connectivity index (χ4v) is 6.08. The van der Waals surface area contributed by atoms with Crippen molar-refractivity contribution in [1.82, 2.24) is 29.7 Å². The van der Waals surface area contributed by atoms with Crippen LogP contribution in [0.15, 0.2) is 79.4 Å². The molecule has 0 unspecified atom stereocenters. The number of fused-ring (bicyclic) bond motifs is 4. The zero-order chi connectivity index (χ0) is 33.2. The SMILES string of the molecule is CCCCCCN1CC(C)=C(N)C2=C1N1CN(OC)C=C1C=N2.CON1C=C2C=NC3=C(N(CCC(F)(F)F)CC(C)=C3N)N2C1. The summed E-state index contributed by atoms with van der Waals surface area (Å²) in [5.41, 5.74) is 19.0. The number of allylic oxidation sites excluding steroid dienone is 2. The van der Waals surface area contributed by atoms with E-state index in [1.54, 1.807) is 29.5 Å². The molecule has 0 aromatic rings. The summed E-state index contributed by atoms with van der Waals surface area (Å²) in [4.78, 5) is 27.7. The van der Waals surface area contributed by atoms with Crippen molar-refractivity contribution >= 4 is 12.4 Å². The Morgan fingerprint density at radius 3 is 1.67 bits per heavy atom. The highest BCUT2D eigenvalue weighted by Gasteiger charge is 2.38. The quantitative estimate of drug-likeness (QED) is 0.356. The van der Waals surface area contributed by atoms with Crippen LogP contribution in [-0.4, -0.2) is 102 Å². The van der Waals surface area contributed by atoms with Gasteiger partial charge in [0.05, 0.1) is 68.3 Å². The summed E-state index contributed by atoms with van der Waals surface area (Å²) in [5.74, 6) is 1.73. The predicted molar refractivity (Wildman–Crippen MR) is 170 cm³/mol. The first-order valence-electron chi connectivity index (χ1n) is 15.6. The topological polar surface area (TPSA) is 115 Å². The third kappa shape index (κ3) is 6.84. The van der Waals surface area contributed by atoms with Crippen molar-refractivity contribution < 1.29 is 22.8 Å². The Morgan fingerprint density at radius 2 is 1.24 bits per heavy atom. The van der Waals surface area contributed by atoms with Gasteiger partial charge >= 0.3 is 6.18 Å². The summed E-state index contributed by atoms with van der Waals surface area (Å²) in [5, 5.41) is 3.40. The van der Waals surface area contributed by atoms with Gasteiger partial charge in [-0.05, 0) is 31.4 Å². The Labute approximate surface area is 268 Å². The molecule has 12 nitrogen and oxygen atoms in total. The number of alkyl halides is 3. The van der Waals surface area contributed by atoms with Crippen LogP contribution in [0.2, 0.25) is 0 Å². The number of hydroxylamine groups is 4. The zero-order valence-electron chi connectivity index (χ0n) is 27.3. The van der Waals surface area contributed by atoms with Crippen LogP contribution in [0.4, 0.5) is 13.2 Å². The van der Waals surface area contributed by atoms with E-state index >= 15 is 0 Å². The van der Waals surface area contributed by atoms with Crippen molar-refractivity contribution in [3.63, 3.8) is 0 Å². The van der Waals surface area contributed by atoms with Crippen molar-refractivity contribution in [2.45, 2.75) is 59.1 Å². The van der Waals surface area contributed by atoms with Crippen LogP contribution in [0.1, 0.15) is 52.9 Å². The van der Waals surface area contributed by atoms with Crippen molar-refractivity contribution in [2.24, 2.45) is 21.5 Å². The maximum absolute atomic E-state index is 12.6. The average molecular weight is 647 g/mol. The molecule has 0 aliphatic carbocycles. The van der Waals surface area contributed by atoms with E-state index in [0.29, 0.717) is 37.1 Å². The molecule has 0 aromatic heterocycles. The molecule has 0 spiro atoms. The lowest BCUT2D eigenvalue weighted by Crippen LogP contribution is -2.43. The van der Waals surface area contributed by atoms with Gasteiger partial charge in [-0.25, -0.2) is 20.1 Å². The van der Waals surface area contributed by atoms with Crippen LogP contribution in [-0.2, 0) is 9.68 Å². The van der Waals surface area contributed by atoms with Gasteiger partial charge in [-0.2, -0.15) is 13.2 Å². The summed E-state index contributed by atoms with van der Waals surface area (Å²) in [6.07, 6.45) is 7.16. The van der Waals surface area contributed by atoms with Gasteiger partial charge in [0, 0.05) is 26.2 Å². The highest BCUT2D eigenvalue weighted by molar-refractivity contribution is 5.82. The smallest absolute Gasteiger partial charge is 0.390 e. The third-order valence-electron chi connectivity index (χ3n) is 8.63. The molecule has 0 bridgehead atoms. The van der Waals surface area contributed by atoms with E-state index in [1.165, 1.54) is 38.4 Å². The second-order valence-corrected chi connectivity index (χ2v) is 12.0. The monoisotopic (exact) mass is 646 g/mol. The molecule has 0 fully saturated rings. The highest BCUT2D eigenvalue weighted by atomic mass is 19.4. The zero-order valence-corrected chi connectivity index (χ0v) is 27.3. The number of hydrogen-bond donors (Lipinski definition) is 2. The molecule has 0 aromatic carbocycles. The maximum Gasteiger partial charge on any atom is 0.390 e. The van der Waals surface area contributed by atoms with Gasteiger partial charge in [-0.1, -0.05) is 26.2 Å². The van der Waals surface area contributed by atoms with E-state index in [4.69, 9.17) is 21.1 Å². The standard InChI is InChI=1S/C17H27N5O.C14H18F3N5O/c1-4-5-6-7-8-20-10-13(2)15(18)16-17(20)22-12-21(23-3)11-14(22)9-19-16;1-9-6-20(4-3-14(15,16)17)13-12(11(9)18)19-5-10-7-21(23-2)8-22(10)13/h9,11H,4-8,10,12,18H2,1-3H3;5,7H,3-4,6,8,18H2,1-2H3. The van der Waals surface area contributed by atoms with Crippen LogP contribution < -0.4 is 11.5 Å². The molecule has 0 saturated heterocycles. The van der Waals surface area contributed by atoms with E-state index in [2.05, 4.69) is 33.6 Å². The fraction of sp³-hybridized carbons (Fsp3) is 0.548. The van der Waals surface area contributed by atoms with Gasteiger partial charge in [0.15, 0.2) is 0 Å². The Morgan fingerprint density at radius 1 is 0.761 bits per heavy atom. The molecule has 15 heteroatoms. The lowest BCUT2D eigenvalue weighted by atomic mass is 10.1. The summed E-state index contributed by atoms with van der Waals surface area (Å²) in [6, 6.07) is 0. The molecule has 252 valence electrons. The maximum atomic E-state index is 12.6. The molecular weight excluding hydrogens is 601 g/mol. The lowest BCUT2D eigenvalue weighted by Gasteiger charge is -2.40. The molecule has 6 aliphatic heterocycles. The Kier molecular flexibility index (Phi) is 9.91. The number of hydrogen-bond acceptors (Lipinski definition) is 12. The van der Waals surface area contributed by atoms with Crippen molar-refractivity contribution in [1.29, 1.82) is 0 Å². The van der Waals surface area contributed by atoms with Gasteiger partial charge in [0.2, 0.25) is 0 Å². The van der Waals surface area contributed by atoms with Crippen LogP contribution in [0.3, 0.4) is 0 Å². The summed E-state index contributed by atoms with van der Waals surface area (Å²) >= 11 is 0. The minimum Gasteiger partial charge on any atom is -0.397 e. The Bertz CT molecular complexity index is 1440. The molecule has 6 rings (SSSR count). The van der Waals surface area contributed by atoms with Gasteiger partial charge in [0.1, 0.15) is 36.4 Å². The number of aliphatic imine (C=N–C) groups is 2. The molecule has 6 aliphatic rings. The van der Waals surface area contributed by atoms with E-state index in [-0.39, 0.29) is 6.54 Å². The van der Waals surface area contributed by atoms with Crippen molar-refractivity contribution in [3.05, 3.63) is 69.4 Å². The Balaban J connectivity index is 0.000000181. The van der Waals surface area contributed by atoms with E-state index < -0.39 is 12.6 Å². The number of nitrogens with two attached hydrogens (primary N) is 2. The van der Waals surface area contributed by atoms with Gasteiger partial charge in [-0.3, -0.25) is 9.68 Å². The third-order valence-corrected chi connectivity index (χ3v) is 8.63. The molecule has 6 heterocycles. The van der Waals surface area contributed by atoms with Crippen molar-refractivity contribution in [2.75, 3.05) is 53.7 Å². The normalized spacial score (nSPS) is 20.7. The molecule has 0 amide bonds. The first-order valence-corrected chi connectivity index (χ1v) is 15.6. The van der Waals surface area contributed by atoms with Gasteiger partial charge < -0.3 is 31.1 Å².